The van der Waals surface area contributed by atoms with Crippen molar-refractivity contribution in [2.75, 3.05) is 20.3 Å². The minimum Gasteiger partial charge on any atom is -0.383 e. The van der Waals surface area contributed by atoms with Gasteiger partial charge in [-0.3, -0.25) is 4.90 Å². The second-order valence-electron chi connectivity index (χ2n) is 5.93. The van der Waals surface area contributed by atoms with Crippen molar-refractivity contribution in [1.82, 2.24) is 10.2 Å². The Morgan fingerprint density at radius 1 is 1.22 bits per heavy atom. The molecule has 106 valence electrons. The molecule has 0 spiro atoms. The maximum Gasteiger partial charge on any atom is 0.0618 e. The average Bonchev–Trinajstić information content (AvgIpc) is 2.35. The van der Waals surface area contributed by atoms with E-state index in [-0.39, 0.29) is 0 Å². The number of methoxy groups -OCH3 is 1. The summed E-state index contributed by atoms with van der Waals surface area (Å²) in [5, 5.41) is 3.66. The lowest BCUT2D eigenvalue weighted by Gasteiger charge is -2.52. The number of fused-ring (bicyclic) bond motifs is 2. The molecule has 2 rings (SSSR count). The van der Waals surface area contributed by atoms with Crippen LogP contribution in [0.2, 0.25) is 0 Å². The van der Waals surface area contributed by atoms with Crippen LogP contribution in [0.3, 0.4) is 0 Å². The van der Waals surface area contributed by atoms with E-state index in [1.54, 1.807) is 0 Å². The maximum atomic E-state index is 5.43. The first-order valence-corrected chi connectivity index (χ1v) is 7.79. The van der Waals surface area contributed by atoms with Crippen LogP contribution in [-0.2, 0) is 4.74 Å². The van der Waals surface area contributed by atoms with Gasteiger partial charge < -0.3 is 10.1 Å². The standard InChI is InChI=1S/C15H30N2O/c1-4-13(11-18-3)17-14-7-6-8-15(17)10-12(9-14)16-5-2/h12-16H,4-11H2,1-3H3. The van der Waals surface area contributed by atoms with Crippen LogP contribution < -0.4 is 5.32 Å². The van der Waals surface area contributed by atoms with Gasteiger partial charge in [0.05, 0.1) is 6.61 Å². The largest absolute Gasteiger partial charge is 0.383 e. The molecule has 3 heteroatoms. The quantitative estimate of drug-likeness (QED) is 0.788. The van der Waals surface area contributed by atoms with Crippen molar-refractivity contribution in [3.05, 3.63) is 0 Å². The van der Waals surface area contributed by atoms with E-state index in [9.17, 15) is 0 Å². The third-order valence-electron chi connectivity index (χ3n) is 4.78. The molecule has 3 unspecified atom stereocenters. The van der Waals surface area contributed by atoms with Gasteiger partial charge in [0.2, 0.25) is 0 Å². The van der Waals surface area contributed by atoms with E-state index in [0.29, 0.717) is 6.04 Å². The Kier molecular flexibility index (Phi) is 5.46. The highest BCUT2D eigenvalue weighted by atomic mass is 16.5. The summed E-state index contributed by atoms with van der Waals surface area (Å²) in [6, 6.07) is 2.97. The van der Waals surface area contributed by atoms with E-state index in [1.165, 1.54) is 38.5 Å². The molecule has 1 N–H and O–H groups in total. The Morgan fingerprint density at radius 2 is 1.89 bits per heavy atom. The number of hydrogen-bond acceptors (Lipinski definition) is 3. The lowest BCUT2D eigenvalue weighted by atomic mass is 9.80. The first-order valence-electron chi connectivity index (χ1n) is 7.79. The van der Waals surface area contributed by atoms with E-state index < -0.39 is 0 Å². The molecule has 2 aliphatic heterocycles. The van der Waals surface area contributed by atoms with Gasteiger partial charge in [-0.25, -0.2) is 0 Å². The van der Waals surface area contributed by atoms with Gasteiger partial charge in [-0.05, 0) is 38.6 Å². The van der Waals surface area contributed by atoms with Crippen LogP contribution in [0.4, 0.5) is 0 Å². The summed E-state index contributed by atoms with van der Waals surface area (Å²) >= 11 is 0. The third-order valence-corrected chi connectivity index (χ3v) is 4.78. The predicted molar refractivity (Wildman–Crippen MR) is 75.9 cm³/mol. The van der Waals surface area contributed by atoms with Gasteiger partial charge in [-0.15, -0.1) is 0 Å². The summed E-state index contributed by atoms with van der Waals surface area (Å²) in [7, 11) is 1.84. The van der Waals surface area contributed by atoms with Crippen LogP contribution >= 0.6 is 0 Å². The third kappa shape index (κ3) is 3.06. The molecule has 0 aliphatic carbocycles. The molecule has 2 heterocycles. The van der Waals surface area contributed by atoms with E-state index in [0.717, 1.165) is 31.3 Å². The number of ether oxygens (including phenoxy) is 1. The van der Waals surface area contributed by atoms with Gasteiger partial charge in [-0.1, -0.05) is 20.3 Å². The molecule has 0 amide bonds. The number of hydrogen-bond donors (Lipinski definition) is 1. The van der Waals surface area contributed by atoms with Crippen LogP contribution in [0.25, 0.3) is 0 Å². The average molecular weight is 254 g/mol. The smallest absolute Gasteiger partial charge is 0.0618 e. The monoisotopic (exact) mass is 254 g/mol. The molecule has 3 nitrogen and oxygen atoms in total. The lowest BCUT2D eigenvalue weighted by Crippen LogP contribution is -2.60. The molecule has 2 aliphatic rings. The molecule has 3 atom stereocenters. The first-order chi connectivity index (χ1) is 8.80. The highest BCUT2D eigenvalue weighted by Crippen LogP contribution is 2.36. The summed E-state index contributed by atoms with van der Waals surface area (Å²) < 4.78 is 5.43. The van der Waals surface area contributed by atoms with E-state index in [2.05, 4.69) is 24.1 Å². The second kappa shape index (κ2) is 6.88. The van der Waals surface area contributed by atoms with Gasteiger partial charge in [0.25, 0.3) is 0 Å². The van der Waals surface area contributed by atoms with Crippen molar-refractivity contribution < 1.29 is 4.74 Å². The minimum absolute atomic E-state index is 0.632. The molecule has 0 radical (unpaired) electrons. The number of nitrogens with one attached hydrogen (secondary N) is 1. The molecule has 2 bridgehead atoms. The van der Waals surface area contributed by atoms with Crippen LogP contribution in [-0.4, -0.2) is 49.3 Å². The van der Waals surface area contributed by atoms with Gasteiger partial charge >= 0.3 is 0 Å². The normalized spacial score (nSPS) is 34.5. The van der Waals surface area contributed by atoms with Crippen molar-refractivity contribution in [3.63, 3.8) is 0 Å². The topological polar surface area (TPSA) is 24.5 Å². The zero-order valence-corrected chi connectivity index (χ0v) is 12.3. The number of piperidine rings is 2. The SMILES string of the molecule is CCNC1CC2CCCC(C1)N2C(CC)COC. The van der Waals surface area contributed by atoms with Crippen molar-refractivity contribution >= 4 is 0 Å². The van der Waals surface area contributed by atoms with Gasteiger partial charge in [0.15, 0.2) is 0 Å². The molecule has 0 saturated carbocycles. The Morgan fingerprint density at radius 3 is 2.39 bits per heavy atom. The summed E-state index contributed by atoms with van der Waals surface area (Å²) in [4.78, 5) is 2.81. The van der Waals surface area contributed by atoms with E-state index in [4.69, 9.17) is 4.74 Å². The zero-order valence-electron chi connectivity index (χ0n) is 12.3. The van der Waals surface area contributed by atoms with Crippen molar-refractivity contribution in [2.45, 2.75) is 76.5 Å². The van der Waals surface area contributed by atoms with Crippen LogP contribution in [0.15, 0.2) is 0 Å². The predicted octanol–water partition coefficient (Wildman–Crippen LogP) is 2.41. The minimum atomic E-state index is 0.632. The molecule has 2 fully saturated rings. The van der Waals surface area contributed by atoms with E-state index >= 15 is 0 Å². The summed E-state index contributed by atoms with van der Waals surface area (Å²) in [5.74, 6) is 0. The number of nitrogens with zero attached hydrogens (tertiary/aromatic N) is 1. The van der Waals surface area contributed by atoms with Crippen LogP contribution in [0.5, 0.6) is 0 Å². The summed E-state index contributed by atoms with van der Waals surface area (Å²) in [6.07, 6.45) is 8.09. The van der Waals surface area contributed by atoms with Crippen molar-refractivity contribution in [1.29, 1.82) is 0 Å². The highest BCUT2D eigenvalue weighted by molar-refractivity contribution is 4.97. The summed E-state index contributed by atoms with van der Waals surface area (Å²) in [6.45, 7) is 6.53. The Balaban J connectivity index is 2.02. The van der Waals surface area contributed by atoms with Gasteiger partial charge in [0, 0.05) is 31.3 Å². The molecule has 2 saturated heterocycles. The highest BCUT2D eigenvalue weighted by Gasteiger charge is 2.40. The van der Waals surface area contributed by atoms with Crippen LogP contribution in [0, 0.1) is 0 Å². The number of rotatable bonds is 6. The Labute approximate surface area is 112 Å². The zero-order chi connectivity index (χ0) is 13.0. The molecule has 0 aromatic carbocycles. The fourth-order valence-electron chi connectivity index (χ4n) is 4.08. The van der Waals surface area contributed by atoms with Crippen LogP contribution in [0.1, 0.15) is 52.4 Å². The maximum absolute atomic E-state index is 5.43. The Bertz CT molecular complexity index is 233. The Hall–Kier alpha value is -0.120. The molecular formula is C15H30N2O. The van der Waals surface area contributed by atoms with Crippen molar-refractivity contribution in [2.24, 2.45) is 0 Å². The lowest BCUT2D eigenvalue weighted by molar-refractivity contribution is -0.0356. The fraction of sp³-hybridized carbons (Fsp3) is 1.00. The molecule has 18 heavy (non-hydrogen) atoms. The molecule has 0 aromatic rings. The van der Waals surface area contributed by atoms with Gasteiger partial charge in [-0.2, -0.15) is 0 Å². The molecule has 0 aromatic heterocycles. The summed E-state index contributed by atoms with van der Waals surface area (Å²) in [5.41, 5.74) is 0. The van der Waals surface area contributed by atoms with Gasteiger partial charge in [0.1, 0.15) is 0 Å². The van der Waals surface area contributed by atoms with Crippen molar-refractivity contribution in [3.8, 4) is 0 Å². The second-order valence-corrected chi connectivity index (χ2v) is 5.93. The molecular weight excluding hydrogens is 224 g/mol. The fourth-order valence-corrected chi connectivity index (χ4v) is 4.08. The van der Waals surface area contributed by atoms with E-state index in [1.807, 2.05) is 7.11 Å². The first kappa shape index (κ1) is 14.3.